The van der Waals surface area contributed by atoms with Crippen molar-refractivity contribution in [2.24, 2.45) is 25.7 Å². The molecule has 0 spiro atoms. The highest BCUT2D eigenvalue weighted by Crippen LogP contribution is 2.23. The highest BCUT2D eigenvalue weighted by atomic mass is 32.2. The summed E-state index contributed by atoms with van der Waals surface area (Å²) in [5.74, 6) is -0.804. The Balaban J connectivity index is 2.49. The maximum absolute atomic E-state index is 12.8. The molecule has 1 fully saturated rings. The van der Waals surface area contributed by atoms with Crippen LogP contribution in [0.15, 0.2) is 14.5 Å². The minimum atomic E-state index is -4.05. The van der Waals surface area contributed by atoms with E-state index in [2.05, 4.69) is 0 Å². The van der Waals surface area contributed by atoms with E-state index in [0.29, 0.717) is 12.8 Å². The van der Waals surface area contributed by atoms with E-state index < -0.39 is 32.1 Å². The molecular weight excluding hydrogens is 324 g/mol. The van der Waals surface area contributed by atoms with Crippen LogP contribution in [0.25, 0.3) is 0 Å². The average Bonchev–Trinajstić information content (AvgIpc) is 2.51. The Morgan fingerprint density at radius 3 is 2.13 bits per heavy atom. The van der Waals surface area contributed by atoms with Crippen molar-refractivity contribution < 1.29 is 13.2 Å². The predicted molar refractivity (Wildman–Crippen MR) is 82.3 cm³/mol. The fourth-order valence-electron chi connectivity index (χ4n) is 2.72. The van der Waals surface area contributed by atoms with Crippen molar-refractivity contribution in [3.8, 4) is 0 Å². The molecule has 0 saturated carbocycles. The molecule has 1 aliphatic heterocycles. The van der Waals surface area contributed by atoms with E-state index >= 15 is 0 Å². The molecule has 0 unspecified atom stereocenters. The normalized spacial score (nSPS) is 17.3. The summed E-state index contributed by atoms with van der Waals surface area (Å²) in [5.41, 5.74) is 3.90. The Morgan fingerprint density at radius 2 is 1.65 bits per heavy atom. The van der Waals surface area contributed by atoms with Crippen LogP contribution in [0.2, 0.25) is 0 Å². The maximum Gasteiger partial charge on any atom is 0.330 e. The third-order valence-electron chi connectivity index (χ3n) is 4.36. The number of aromatic nitrogens is 2. The second kappa shape index (κ2) is 5.93. The van der Waals surface area contributed by atoms with Crippen molar-refractivity contribution in [2.75, 3.05) is 13.1 Å². The van der Waals surface area contributed by atoms with Crippen molar-refractivity contribution >= 4 is 15.9 Å². The zero-order valence-electron chi connectivity index (χ0n) is 13.3. The topological polar surface area (TPSA) is 124 Å². The molecule has 0 radical (unpaired) electrons. The van der Waals surface area contributed by atoms with Gasteiger partial charge in [0.05, 0.1) is 0 Å². The van der Waals surface area contributed by atoms with E-state index in [1.54, 1.807) is 0 Å². The third kappa shape index (κ3) is 2.83. The standard InChI is InChI=1S/C13H20N4O5S/c1-8-10(12(19)16(3)13(20)15(8)2)23(21,22)17-6-4-9(5-7-17)11(14)18/h9H,4-7H2,1-3H3,(H2,14,18). The Kier molecular flexibility index (Phi) is 4.49. The molecule has 0 atom stereocenters. The van der Waals surface area contributed by atoms with Crippen LogP contribution < -0.4 is 17.0 Å². The smallest absolute Gasteiger partial charge is 0.330 e. The molecule has 1 aliphatic rings. The first-order valence-corrected chi connectivity index (χ1v) is 8.59. The van der Waals surface area contributed by atoms with Crippen molar-refractivity contribution in [1.29, 1.82) is 0 Å². The van der Waals surface area contributed by atoms with Crippen LogP contribution in [-0.2, 0) is 28.9 Å². The molecular formula is C13H20N4O5S. The molecule has 0 aliphatic carbocycles. The van der Waals surface area contributed by atoms with Gasteiger partial charge in [0.2, 0.25) is 15.9 Å². The molecule has 9 nitrogen and oxygen atoms in total. The fraction of sp³-hybridized carbons (Fsp3) is 0.615. The molecule has 0 bridgehead atoms. The number of primary amides is 1. The van der Waals surface area contributed by atoms with Gasteiger partial charge in [0.1, 0.15) is 0 Å². The minimum Gasteiger partial charge on any atom is -0.369 e. The molecule has 2 rings (SSSR count). The van der Waals surface area contributed by atoms with Crippen LogP contribution >= 0.6 is 0 Å². The Labute approximate surface area is 133 Å². The number of piperidine rings is 1. The van der Waals surface area contributed by atoms with E-state index in [4.69, 9.17) is 5.73 Å². The molecule has 128 valence electrons. The third-order valence-corrected chi connectivity index (χ3v) is 6.39. The molecule has 2 N–H and O–H groups in total. The lowest BCUT2D eigenvalue weighted by Crippen LogP contribution is -2.47. The van der Waals surface area contributed by atoms with Gasteiger partial charge >= 0.3 is 5.69 Å². The SMILES string of the molecule is Cc1c(S(=O)(=O)N2CCC(C(N)=O)CC2)c(=O)n(C)c(=O)n1C. The summed E-state index contributed by atoms with van der Waals surface area (Å²) in [4.78, 5) is 34.9. The molecule has 1 aromatic heterocycles. The van der Waals surface area contributed by atoms with E-state index in [-0.39, 0.29) is 24.7 Å². The first kappa shape index (κ1) is 17.4. The van der Waals surface area contributed by atoms with Crippen LogP contribution in [0.5, 0.6) is 0 Å². The van der Waals surface area contributed by atoms with Gasteiger partial charge in [0.25, 0.3) is 5.56 Å². The predicted octanol–water partition coefficient (Wildman–Crippen LogP) is -1.72. The van der Waals surface area contributed by atoms with Gasteiger partial charge in [-0.15, -0.1) is 0 Å². The lowest BCUT2D eigenvalue weighted by Gasteiger charge is -2.30. The maximum atomic E-state index is 12.8. The molecule has 10 heteroatoms. The molecule has 2 heterocycles. The zero-order chi connectivity index (χ0) is 17.5. The van der Waals surface area contributed by atoms with Gasteiger partial charge in [-0.2, -0.15) is 4.31 Å². The van der Waals surface area contributed by atoms with E-state index in [1.165, 1.54) is 25.3 Å². The average molecular weight is 344 g/mol. The van der Waals surface area contributed by atoms with Gasteiger partial charge < -0.3 is 5.73 Å². The number of rotatable bonds is 3. The van der Waals surface area contributed by atoms with Crippen LogP contribution in [0.1, 0.15) is 18.5 Å². The molecule has 1 amide bonds. The van der Waals surface area contributed by atoms with Gasteiger partial charge in [-0.1, -0.05) is 0 Å². The zero-order valence-corrected chi connectivity index (χ0v) is 14.1. The van der Waals surface area contributed by atoms with Crippen LogP contribution in [-0.4, -0.2) is 40.9 Å². The number of sulfonamides is 1. The van der Waals surface area contributed by atoms with Crippen molar-refractivity contribution in [2.45, 2.75) is 24.7 Å². The number of nitrogens with zero attached hydrogens (tertiary/aromatic N) is 3. The van der Waals surface area contributed by atoms with Crippen molar-refractivity contribution in [3.63, 3.8) is 0 Å². The summed E-state index contributed by atoms with van der Waals surface area (Å²) in [5, 5.41) is 0. The van der Waals surface area contributed by atoms with Crippen molar-refractivity contribution in [1.82, 2.24) is 13.4 Å². The summed E-state index contributed by atoms with van der Waals surface area (Å²) in [6.07, 6.45) is 0.638. The van der Waals surface area contributed by atoms with Crippen LogP contribution in [0, 0.1) is 12.8 Å². The van der Waals surface area contributed by atoms with E-state index in [0.717, 1.165) is 9.13 Å². The van der Waals surface area contributed by atoms with Gasteiger partial charge in [-0.05, 0) is 19.8 Å². The number of hydrogen-bond acceptors (Lipinski definition) is 5. The second-order valence-corrected chi connectivity index (χ2v) is 7.58. The number of hydrogen-bond donors (Lipinski definition) is 1. The molecule has 0 aromatic carbocycles. The summed E-state index contributed by atoms with van der Waals surface area (Å²) in [6, 6.07) is 0. The highest BCUT2D eigenvalue weighted by molar-refractivity contribution is 7.89. The van der Waals surface area contributed by atoms with Gasteiger partial charge in [-0.25, -0.2) is 13.2 Å². The minimum absolute atomic E-state index is 0.0927. The highest BCUT2D eigenvalue weighted by Gasteiger charge is 2.35. The van der Waals surface area contributed by atoms with E-state index in [9.17, 15) is 22.8 Å². The molecule has 23 heavy (non-hydrogen) atoms. The lowest BCUT2D eigenvalue weighted by atomic mass is 9.98. The monoisotopic (exact) mass is 344 g/mol. The largest absolute Gasteiger partial charge is 0.369 e. The van der Waals surface area contributed by atoms with E-state index in [1.807, 2.05) is 0 Å². The van der Waals surface area contributed by atoms with Gasteiger partial charge in [0.15, 0.2) is 4.90 Å². The Morgan fingerprint density at radius 1 is 1.13 bits per heavy atom. The Bertz CT molecular complexity index is 860. The fourth-order valence-corrected chi connectivity index (χ4v) is 4.54. The number of amides is 1. The quantitative estimate of drug-likeness (QED) is 0.698. The molecule has 1 aromatic rings. The van der Waals surface area contributed by atoms with Crippen LogP contribution in [0.3, 0.4) is 0 Å². The van der Waals surface area contributed by atoms with Gasteiger partial charge in [-0.3, -0.25) is 18.7 Å². The Hall–Kier alpha value is -1.94. The van der Waals surface area contributed by atoms with Crippen LogP contribution in [0.4, 0.5) is 0 Å². The summed E-state index contributed by atoms with van der Waals surface area (Å²) < 4.78 is 28.7. The first-order chi connectivity index (χ1) is 10.6. The van der Waals surface area contributed by atoms with Crippen molar-refractivity contribution in [3.05, 3.63) is 26.5 Å². The lowest BCUT2D eigenvalue weighted by molar-refractivity contribution is -0.122. The first-order valence-electron chi connectivity index (χ1n) is 7.15. The number of nitrogens with two attached hydrogens (primary N) is 1. The summed E-state index contributed by atoms with van der Waals surface area (Å²) >= 11 is 0. The van der Waals surface area contributed by atoms with Gasteiger partial charge in [0, 0.05) is 38.8 Å². The summed E-state index contributed by atoms with van der Waals surface area (Å²) in [6.45, 7) is 1.65. The number of carbonyl (C=O) groups is 1. The molecule has 1 saturated heterocycles. The summed E-state index contributed by atoms with van der Waals surface area (Å²) in [7, 11) is -1.40. The second-order valence-electron chi connectivity index (χ2n) is 5.70. The number of carbonyl (C=O) groups excluding carboxylic acids is 1.